The summed E-state index contributed by atoms with van der Waals surface area (Å²) in [6.45, 7) is 4.19. The van der Waals surface area contributed by atoms with Crippen molar-refractivity contribution in [1.29, 1.82) is 0 Å². The lowest BCUT2D eigenvalue weighted by molar-refractivity contribution is -0.126. The van der Waals surface area contributed by atoms with E-state index < -0.39 is 5.54 Å². The van der Waals surface area contributed by atoms with Gasteiger partial charge in [-0.1, -0.05) is 37.6 Å². The van der Waals surface area contributed by atoms with E-state index in [1.54, 1.807) is 6.92 Å². The van der Waals surface area contributed by atoms with Gasteiger partial charge in [0.15, 0.2) is 0 Å². The fourth-order valence-electron chi connectivity index (χ4n) is 1.86. The van der Waals surface area contributed by atoms with Gasteiger partial charge in [-0.3, -0.25) is 4.79 Å². The molecule has 0 aliphatic carbocycles. The Balaban J connectivity index is 2.56. The van der Waals surface area contributed by atoms with Crippen molar-refractivity contribution in [3.8, 4) is 0 Å². The summed E-state index contributed by atoms with van der Waals surface area (Å²) >= 11 is 0. The summed E-state index contributed by atoms with van der Waals surface area (Å²) in [4.78, 5) is 11.9. The molecule has 1 unspecified atom stereocenters. The Bertz CT molecular complexity index is 403. The fourth-order valence-corrected chi connectivity index (χ4v) is 1.86. The SMILES string of the molecule is CCCC(C)(N)C(=O)NCc1cccc(CO)c1. The molecule has 0 aliphatic heterocycles. The van der Waals surface area contributed by atoms with E-state index in [4.69, 9.17) is 10.8 Å². The molecule has 4 heteroatoms. The van der Waals surface area contributed by atoms with Crippen molar-refractivity contribution < 1.29 is 9.90 Å². The van der Waals surface area contributed by atoms with Crippen molar-refractivity contribution in [3.63, 3.8) is 0 Å². The normalized spacial score (nSPS) is 14.0. The molecule has 1 aromatic rings. The lowest BCUT2D eigenvalue weighted by Gasteiger charge is -2.22. The average Bonchev–Trinajstić information content (AvgIpc) is 2.36. The zero-order valence-corrected chi connectivity index (χ0v) is 11.1. The van der Waals surface area contributed by atoms with E-state index in [-0.39, 0.29) is 12.5 Å². The maximum atomic E-state index is 11.9. The molecule has 0 saturated heterocycles. The molecule has 0 fully saturated rings. The van der Waals surface area contributed by atoms with Crippen molar-refractivity contribution in [3.05, 3.63) is 35.4 Å². The second-order valence-corrected chi connectivity index (χ2v) is 4.83. The van der Waals surface area contributed by atoms with Crippen molar-refractivity contribution in [2.75, 3.05) is 0 Å². The number of rotatable bonds is 6. The van der Waals surface area contributed by atoms with E-state index >= 15 is 0 Å². The first kappa shape index (κ1) is 14.7. The van der Waals surface area contributed by atoms with E-state index in [9.17, 15) is 4.79 Å². The summed E-state index contributed by atoms with van der Waals surface area (Å²) in [5.74, 6) is -0.140. The summed E-state index contributed by atoms with van der Waals surface area (Å²) in [7, 11) is 0. The Morgan fingerprint density at radius 2 is 2.11 bits per heavy atom. The lowest BCUT2D eigenvalue weighted by Crippen LogP contribution is -2.51. The monoisotopic (exact) mass is 250 g/mol. The second kappa shape index (κ2) is 6.52. The minimum absolute atomic E-state index is 0.00618. The topological polar surface area (TPSA) is 75.4 Å². The highest BCUT2D eigenvalue weighted by Crippen LogP contribution is 2.10. The summed E-state index contributed by atoms with van der Waals surface area (Å²) in [5, 5.41) is 11.9. The summed E-state index contributed by atoms with van der Waals surface area (Å²) in [5.41, 5.74) is 6.92. The third-order valence-corrected chi connectivity index (χ3v) is 2.92. The van der Waals surface area contributed by atoms with Crippen molar-refractivity contribution in [1.82, 2.24) is 5.32 Å². The molecule has 0 aromatic heterocycles. The minimum atomic E-state index is -0.816. The number of nitrogens with two attached hydrogens (primary N) is 1. The number of hydrogen-bond acceptors (Lipinski definition) is 3. The Kier molecular flexibility index (Phi) is 5.31. The molecule has 1 rings (SSSR count). The van der Waals surface area contributed by atoms with Gasteiger partial charge in [-0.2, -0.15) is 0 Å². The van der Waals surface area contributed by atoms with Crippen LogP contribution in [0, 0.1) is 0 Å². The highest BCUT2D eigenvalue weighted by molar-refractivity contribution is 5.85. The molecule has 1 amide bonds. The zero-order chi connectivity index (χ0) is 13.6. The van der Waals surface area contributed by atoms with Crippen molar-refractivity contribution in [2.45, 2.75) is 45.4 Å². The Labute approximate surface area is 108 Å². The van der Waals surface area contributed by atoms with Crippen LogP contribution < -0.4 is 11.1 Å². The van der Waals surface area contributed by atoms with E-state index in [2.05, 4.69) is 5.32 Å². The number of aliphatic hydroxyl groups is 1. The maximum absolute atomic E-state index is 11.9. The second-order valence-electron chi connectivity index (χ2n) is 4.83. The number of amides is 1. The van der Waals surface area contributed by atoms with Gasteiger partial charge in [0.1, 0.15) is 0 Å². The first-order chi connectivity index (χ1) is 8.49. The summed E-state index contributed by atoms with van der Waals surface area (Å²) in [6.07, 6.45) is 1.54. The van der Waals surface area contributed by atoms with Crippen LogP contribution in [0.15, 0.2) is 24.3 Å². The lowest BCUT2D eigenvalue weighted by atomic mass is 9.96. The molecule has 0 bridgehead atoms. The molecular weight excluding hydrogens is 228 g/mol. The molecule has 0 saturated carbocycles. The molecule has 0 aliphatic rings. The molecule has 4 N–H and O–H groups in total. The van der Waals surface area contributed by atoms with Crippen LogP contribution in [0.5, 0.6) is 0 Å². The Hall–Kier alpha value is -1.39. The largest absolute Gasteiger partial charge is 0.392 e. The maximum Gasteiger partial charge on any atom is 0.240 e. The third kappa shape index (κ3) is 4.13. The minimum Gasteiger partial charge on any atom is -0.392 e. The molecule has 0 spiro atoms. The van der Waals surface area contributed by atoms with Crippen LogP contribution in [0.3, 0.4) is 0 Å². The molecule has 1 atom stereocenters. The van der Waals surface area contributed by atoms with E-state index in [1.807, 2.05) is 31.2 Å². The zero-order valence-electron chi connectivity index (χ0n) is 11.1. The molecule has 0 heterocycles. The number of hydrogen-bond donors (Lipinski definition) is 3. The van der Waals surface area contributed by atoms with Crippen LogP contribution in [0.25, 0.3) is 0 Å². The predicted molar refractivity (Wildman–Crippen MR) is 71.7 cm³/mol. The van der Waals surface area contributed by atoms with Crippen molar-refractivity contribution in [2.24, 2.45) is 5.73 Å². The molecule has 1 aromatic carbocycles. The van der Waals surface area contributed by atoms with Gasteiger partial charge in [-0.25, -0.2) is 0 Å². The van der Waals surface area contributed by atoms with Crippen molar-refractivity contribution >= 4 is 5.91 Å². The molecular formula is C14H22N2O2. The number of carbonyl (C=O) groups is 1. The van der Waals surface area contributed by atoms with Gasteiger partial charge in [0.05, 0.1) is 12.1 Å². The highest BCUT2D eigenvalue weighted by atomic mass is 16.3. The summed E-state index contributed by atoms with van der Waals surface area (Å²) in [6, 6.07) is 7.48. The fraction of sp³-hybridized carbons (Fsp3) is 0.500. The predicted octanol–water partition coefficient (Wildman–Crippen LogP) is 1.31. The van der Waals surface area contributed by atoms with Crippen LogP contribution in [-0.2, 0) is 17.9 Å². The van der Waals surface area contributed by atoms with Gasteiger partial charge in [0.25, 0.3) is 0 Å². The highest BCUT2D eigenvalue weighted by Gasteiger charge is 2.26. The van der Waals surface area contributed by atoms with Crippen LogP contribution in [0.2, 0.25) is 0 Å². The van der Waals surface area contributed by atoms with Crippen LogP contribution in [0.1, 0.15) is 37.8 Å². The van der Waals surface area contributed by atoms with Gasteiger partial charge in [-0.15, -0.1) is 0 Å². The number of nitrogens with one attached hydrogen (secondary N) is 1. The average molecular weight is 250 g/mol. The first-order valence-corrected chi connectivity index (χ1v) is 6.25. The Morgan fingerprint density at radius 1 is 1.44 bits per heavy atom. The van der Waals surface area contributed by atoms with Crippen LogP contribution in [0.4, 0.5) is 0 Å². The molecule has 100 valence electrons. The number of benzene rings is 1. The van der Waals surface area contributed by atoms with Gasteiger partial charge in [0, 0.05) is 6.54 Å². The molecule has 4 nitrogen and oxygen atoms in total. The first-order valence-electron chi connectivity index (χ1n) is 6.25. The Morgan fingerprint density at radius 3 is 2.72 bits per heavy atom. The van der Waals surface area contributed by atoms with Crippen LogP contribution in [-0.4, -0.2) is 16.6 Å². The van der Waals surface area contributed by atoms with Gasteiger partial charge < -0.3 is 16.2 Å². The molecule has 18 heavy (non-hydrogen) atoms. The van der Waals surface area contributed by atoms with E-state index in [0.29, 0.717) is 13.0 Å². The van der Waals surface area contributed by atoms with Gasteiger partial charge in [0.2, 0.25) is 5.91 Å². The smallest absolute Gasteiger partial charge is 0.240 e. The summed E-state index contributed by atoms with van der Waals surface area (Å²) < 4.78 is 0. The van der Waals surface area contributed by atoms with Crippen LogP contribution >= 0.6 is 0 Å². The number of aliphatic hydroxyl groups excluding tert-OH is 1. The van der Waals surface area contributed by atoms with E-state index in [1.165, 1.54) is 0 Å². The van der Waals surface area contributed by atoms with Gasteiger partial charge in [-0.05, 0) is 24.5 Å². The molecule has 0 radical (unpaired) electrons. The standard InChI is InChI=1S/C14H22N2O2/c1-3-7-14(2,15)13(18)16-9-11-5-4-6-12(8-11)10-17/h4-6,8,17H,3,7,9-10,15H2,1-2H3,(H,16,18). The van der Waals surface area contributed by atoms with Gasteiger partial charge >= 0.3 is 0 Å². The quantitative estimate of drug-likeness (QED) is 0.712. The third-order valence-electron chi connectivity index (χ3n) is 2.92. The van der Waals surface area contributed by atoms with E-state index in [0.717, 1.165) is 17.5 Å². The number of carbonyl (C=O) groups excluding carboxylic acids is 1.